The van der Waals surface area contributed by atoms with E-state index in [1.54, 1.807) is 10.6 Å². The Labute approximate surface area is 413 Å². The predicted octanol–water partition coefficient (Wildman–Crippen LogP) is 7.00. The van der Waals surface area contributed by atoms with Crippen molar-refractivity contribution < 1.29 is 48.5 Å². The zero-order valence-corrected chi connectivity index (χ0v) is 39.4. The van der Waals surface area contributed by atoms with Gasteiger partial charge in [-0.1, -0.05) is 135 Å². The molecule has 0 aliphatic rings. The van der Waals surface area contributed by atoms with Gasteiger partial charge in [-0.25, -0.2) is 24.4 Å². The molecule has 0 atom stereocenters. The minimum atomic E-state index is -1.14. The van der Waals surface area contributed by atoms with Gasteiger partial charge in [0.15, 0.2) is 18.0 Å². The molecule has 0 radical (unpaired) electrons. The number of imidazole rings is 1. The average molecular weight is 980 g/mol. The summed E-state index contributed by atoms with van der Waals surface area (Å²) in [4.78, 5) is 100. The Morgan fingerprint density at radius 3 is 1.43 bits per heavy atom. The summed E-state index contributed by atoms with van der Waals surface area (Å²) in [5.74, 6) is -2.94. The van der Waals surface area contributed by atoms with Crippen LogP contribution in [0.3, 0.4) is 0 Å². The van der Waals surface area contributed by atoms with E-state index in [2.05, 4.69) is 25.6 Å². The summed E-state index contributed by atoms with van der Waals surface area (Å²) in [5.41, 5.74) is 3.34. The first-order valence-corrected chi connectivity index (χ1v) is 22.8. The Balaban J connectivity index is 0.000000236. The summed E-state index contributed by atoms with van der Waals surface area (Å²) >= 11 is 0. The van der Waals surface area contributed by atoms with Crippen LogP contribution in [-0.2, 0) is 41.7 Å². The van der Waals surface area contributed by atoms with Crippen molar-refractivity contribution in [3.8, 4) is 0 Å². The first-order chi connectivity index (χ1) is 34.8. The molecule has 72 heavy (non-hydrogen) atoms. The summed E-state index contributed by atoms with van der Waals surface area (Å²) in [7, 11) is 0. The smallest absolute Gasteiger partial charge is 0.413 e. The van der Waals surface area contributed by atoms with Crippen molar-refractivity contribution in [2.24, 2.45) is 0 Å². The largest absolute Gasteiger partial charge is 0.480 e. The lowest BCUT2D eigenvalue weighted by Gasteiger charge is -2.20. The highest BCUT2D eigenvalue weighted by atomic mass is 16.6. The fraction of sp³-hybridized carbons (Fsp3) is 0.231. The number of hydrogen-bond donors (Lipinski definition) is 4. The number of carbonyl (C=O) groups is 6. The van der Waals surface area contributed by atoms with Crippen LogP contribution in [0.1, 0.15) is 61.2 Å². The number of aliphatic carboxylic acids is 2. The first kappa shape index (κ1) is 52.2. The van der Waals surface area contributed by atoms with Gasteiger partial charge >= 0.3 is 29.8 Å². The Hall–Kier alpha value is -9.20. The highest BCUT2D eigenvalue weighted by molar-refractivity contribution is 5.95. The summed E-state index contributed by atoms with van der Waals surface area (Å²) in [6, 6.07) is 40.3. The van der Waals surface area contributed by atoms with Gasteiger partial charge in [0.05, 0.1) is 11.8 Å². The molecule has 0 saturated heterocycles. The molecule has 0 spiro atoms. The third kappa shape index (κ3) is 14.9. The van der Waals surface area contributed by atoms with E-state index in [1.165, 1.54) is 29.7 Å². The van der Waals surface area contributed by atoms with Crippen LogP contribution >= 0.6 is 0 Å². The van der Waals surface area contributed by atoms with Crippen LogP contribution in [-0.4, -0.2) is 106 Å². The maximum Gasteiger partial charge on any atom is 0.413 e. The average Bonchev–Trinajstić information content (AvgIpc) is 3.79. The molecule has 372 valence electrons. The minimum absolute atomic E-state index is 0.0421. The first-order valence-electron chi connectivity index (χ1n) is 22.8. The van der Waals surface area contributed by atoms with Crippen LogP contribution in [0.5, 0.6) is 0 Å². The highest BCUT2D eigenvalue weighted by Crippen LogP contribution is 2.28. The SMILES string of the molecule is CCCN(CC(=O)O)C(=O)Cn1ccc(NC(=O)OC(c2ccccc2)c2ccccc2)nc1=O.CCCN(CC(=O)O)C(=O)Cn1cnc2c(NC(=O)OC(c3ccccc3)c3ccccc3)nccc21. The van der Waals surface area contributed by atoms with E-state index >= 15 is 0 Å². The van der Waals surface area contributed by atoms with Gasteiger partial charge in [-0.05, 0) is 47.2 Å². The number of anilines is 2. The summed E-state index contributed by atoms with van der Waals surface area (Å²) in [5, 5.41) is 23.2. The fourth-order valence-corrected chi connectivity index (χ4v) is 7.41. The van der Waals surface area contributed by atoms with E-state index in [1.807, 2.05) is 135 Å². The number of carboxylic acids is 2. The van der Waals surface area contributed by atoms with E-state index in [4.69, 9.17) is 19.7 Å². The topological polar surface area (TPSA) is 257 Å². The van der Waals surface area contributed by atoms with E-state index in [0.29, 0.717) is 30.4 Å². The summed E-state index contributed by atoms with van der Waals surface area (Å²) < 4.78 is 14.1. The molecule has 20 heteroatoms. The van der Waals surface area contributed by atoms with Crippen LogP contribution in [0, 0.1) is 0 Å². The van der Waals surface area contributed by atoms with Crippen molar-refractivity contribution in [1.29, 1.82) is 0 Å². The molecule has 20 nitrogen and oxygen atoms in total. The summed E-state index contributed by atoms with van der Waals surface area (Å²) in [6.45, 7) is 2.99. The molecule has 4 amide bonds. The van der Waals surface area contributed by atoms with Gasteiger partial charge in [0.25, 0.3) is 0 Å². The van der Waals surface area contributed by atoms with Gasteiger partial charge < -0.3 is 34.1 Å². The Morgan fingerprint density at radius 2 is 1.01 bits per heavy atom. The van der Waals surface area contributed by atoms with Gasteiger partial charge in [0, 0.05) is 25.5 Å². The number of ether oxygens (including phenoxy) is 2. The fourth-order valence-electron chi connectivity index (χ4n) is 7.41. The molecule has 0 saturated carbocycles. The standard InChI is InChI=1S/C27H27N5O5.C25H26N4O6/c1-2-15-31(17-23(34)35)22(33)16-32-18-29-24-21(32)13-14-28-26(24)30-27(36)37-25(19-9-5-3-6-10-19)20-11-7-4-8-12-20;1-2-14-28(17-22(31)32)21(30)16-29-15-13-20(26-24(29)33)27-25(34)35-23(18-9-5-3-6-10-18)19-11-7-4-8-12-19/h3-14,18,25H,2,15-17H2,1H3,(H,34,35)(H,28,30,36);3-13,15,23H,2,14,16-17H2,1H3,(H,31,32)(H,26,27,33,34). The van der Waals surface area contributed by atoms with E-state index in [-0.39, 0.29) is 43.7 Å². The van der Waals surface area contributed by atoms with Crippen LogP contribution in [0.25, 0.3) is 11.0 Å². The van der Waals surface area contributed by atoms with E-state index < -0.39 is 54.5 Å². The number of amides is 4. The molecule has 0 unspecified atom stereocenters. The Bertz CT molecular complexity index is 2910. The quantitative estimate of drug-likeness (QED) is 0.0600. The van der Waals surface area contributed by atoms with Gasteiger partial charge in [-0.3, -0.25) is 34.4 Å². The summed E-state index contributed by atoms with van der Waals surface area (Å²) in [6.07, 6.45) is 2.65. The molecule has 3 heterocycles. The number of carbonyl (C=O) groups excluding carboxylic acids is 4. The monoisotopic (exact) mass is 979 g/mol. The molecule has 7 aromatic rings. The van der Waals surface area contributed by atoms with Gasteiger partial charge in [-0.2, -0.15) is 4.98 Å². The number of nitrogens with one attached hydrogen (secondary N) is 2. The van der Waals surface area contributed by atoms with Gasteiger partial charge in [0.2, 0.25) is 11.8 Å². The molecule has 0 aliphatic carbocycles. The van der Waals surface area contributed by atoms with Crippen molar-refractivity contribution in [2.45, 2.75) is 52.0 Å². The second-order valence-corrected chi connectivity index (χ2v) is 16.0. The van der Waals surface area contributed by atoms with Crippen molar-refractivity contribution in [1.82, 2.24) is 33.9 Å². The van der Waals surface area contributed by atoms with Crippen LogP contribution in [0.4, 0.5) is 21.2 Å². The number of pyridine rings is 1. The van der Waals surface area contributed by atoms with Crippen molar-refractivity contribution in [3.05, 3.63) is 185 Å². The Kier molecular flexibility index (Phi) is 18.8. The molecular formula is C52H53N9O11. The van der Waals surface area contributed by atoms with E-state index in [9.17, 15) is 33.6 Å². The molecular weight excluding hydrogens is 927 g/mol. The third-order valence-corrected chi connectivity index (χ3v) is 10.7. The second kappa shape index (κ2) is 26.0. The number of benzene rings is 4. The maximum atomic E-state index is 12.9. The molecule has 4 N–H and O–H groups in total. The van der Waals surface area contributed by atoms with E-state index in [0.717, 1.165) is 31.7 Å². The number of carboxylic acid groups (broad SMARTS) is 2. The molecule has 7 rings (SSSR count). The lowest BCUT2D eigenvalue weighted by atomic mass is 10.0. The second-order valence-electron chi connectivity index (χ2n) is 16.0. The molecule has 0 aliphatic heterocycles. The lowest BCUT2D eigenvalue weighted by Crippen LogP contribution is -2.40. The molecule has 4 aromatic carbocycles. The van der Waals surface area contributed by atoms with Gasteiger partial charge in [0.1, 0.15) is 37.5 Å². The number of aromatic nitrogens is 5. The van der Waals surface area contributed by atoms with Crippen LogP contribution in [0.2, 0.25) is 0 Å². The molecule has 3 aromatic heterocycles. The van der Waals surface area contributed by atoms with Gasteiger partial charge in [-0.15, -0.1) is 0 Å². The zero-order valence-electron chi connectivity index (χ0n) is 39.4. The maximum absolute atomic E-state index is 12.9. The number of nitrogens with zero attached hydrogens (tertiary/aromatic N) is 7. The van der Waals surface area contributed by atoms with Crippen molar-refractivity contribution >= 4 is 58.6 Å². The Morgan fingerprint density at radius 1 is 0.583 bits per heavy atom. The normalized spacial score (nSPS) is 10.7. The number of fused-ring (bicyclic) bond motifs is 1. The number of hydrogen-bond acceptors (Lipinski definition) is 12. The minimum Gasteiger partial charge on any atom is -0.480 e. The van der Waals surface area contributed by atoms with Crippen molar-refractivity contribution in [3.63, 3.8) is 0 Å². The van der Waals surface area contributed by atoms with Crippen LogP contribution < -0.4 is 16.3 Å². The molecule has 0 fully saturated rings. The third-order valence-electron chi connectivity index (χ3n) is 10.7. The van der Waals surface area contributed by atoms with Crippen molar-refractivity contribution in [2.75, 3.05) is 36.8 Å². The molecule has 0 bridgehead atoms. The number of rotatable bonds is 20. The van der Waals surface area contributed by atoms with Crippen LogP contribution in [0.15, 0.2) is 157 Å². The lowest BCUT2D eigenvalue weighted by molar-refractivity contribution is -0.144. The predicted molar refractivity (Wildman–Crippen MR) is 265 cm³/mol. The highest BCUT2D eigenvalue weighted by Gasteiger charge is 2.24. The zero-order chi connectivity index (χ0) is 51.4.